The number of nitrogens with zero attached hydrogens (tertiary/aromatic N) is 3. The van der Waals surface area contributed by atoms with Gasteiger partial charge >= 0.3 is 0 Å². The molecule has 0 unspecified atom stereocenters. The zero-order valence-corrected chi connectivity index (χ0v) is 15.7. The Hall–Kier alpha value is -2.54. The summed E-state index contributed by atoms with van der Waals surface area (Å²) in [6, 6.07) is 12.4. The summed E-state index contributed by atoms with van der Waals surface area (Å²) >= 11 is 0. The fraction of sp³-hybridized carbons (Fsp3) is 0.429. The van der Waals surface area contributed by atoms with Gasteiger partial charge in [-0.3, -0.25) is 9.69 Å². The van der Waals surface area contributed by atoms with E-state index in [0.29, 0.717) is 11.6 Å². The van der Waals surface area contributed by atoms with Crippen LogP contribution in [0.15, 0.2) is 42.6 Å². The van der Waals surface area contributed by atoms with Crippen molar-refractivity contribution in [2.45, 2.75) is 31.9 Å². The van der Waals surface area contributed by atoms with E-state index < -0.39 is 18.9 Å². The maximum Gasteiger partial charge on any atom is 0.255 e. The van der Waals surface area contributed by atoms with Gasteiger partial charge in [-0.15, -0.1) is 0 Å². The lowest BCUT2D eigenvalue weighted by molar-refractivity contribution is 0.0890. The fourth-order valence-corrected chi connectivity index (χ4v) is 4.19. The van der Waals surface area contributed by atoms with Gasteiger partial charge in [0.05, 0.1) is 6.54 Å². The zero-order valence-electron chi connectivity index (χ0n) is 15.7. The van der Waals surface area contributed by atoms with E-state index in [0.717, 1.165) is 50.4 Å². The van der Waals surface area contributed by atoms with Gasteiger partial charge in [-0.25, -0.2) is 13.8 Å². The van der Waals surface area contributed by atoms with Gasteiger partial charge in [0, 0.05) is 49.5 Å². The molecule has 1 aromatic heterocycles. The summed E-state index contributed by atoms with van der Waals surface area (Å²) < 4.78 is 24.8. The Morgan fingerprint density at radius 1 is 1.21 bits per heavy atom. The molecule has 0 bridgehead atoms. The van der Waals surface area contributed by atoms with Crippen molar-refractivity contribution in [3.63, 3.8) is 0 Å². The number of carbonyl (C=O) groups excluding carboxylic acids is 1. The van der Waals surface area contributed by atoms with Crippen LogP contribution in [-0.2, 0) is 13.0 Å². The average Bonchev–Trinajstić information content (AvgIpc) is 2.72. The standard InChI is InChI=1S/C21H24F2N4O/c22-19(23)12-25-21(28)18-8-9-24-20-17(18)7-6-16-14-26(10-11-27(16)20)13-15-4-2-1-3-5-15/h1-5,8-9,16,19H,6-7,10-14H2,(H,25,28)/t16-/m1/s1. The number of rotatable bonds is 5. The molecular weight excluding hydrogens is 362 g/mol. The van der Waals surface area contributed by atoms with Gasteiger partial charge in [-0.05, 0) is 24.5 Å². The first-order valence-corrected chi connectivity index (χ1v) is 9.69. The van der Waals surface area contributed by atoms with Crippen LogP contribution < -0.4 is 10.2 Å². The molecule has 0 radical (unpaired) electrons. The lowest BCUT2D eigenvalue weighted by Crippen LogP contribution is -2.55. The summed E-state index contributed by atoms with van der Waals surface area (Å²) in [6.07, 6.45) is 0.721. The van der Waals surface area contributed by atoms with Crippen LogP contribution in [0.1, 0.15) is 27.9 Å². The number of halogens is 2. The van der Waals surface area contributed by atoms with Crippen LogP contribution in [0.4, 0.5) is 14.6 Å². The second kappa shape index (κ2) is 8.22. The summed E-state index contributed by atoms with van der Waals surface area (Å²) in [5.74, 6) is 0.389. The first-order valence-electron chi connectivity index (χ1n) is 9.69. The van der Waals surface area contributed by atoms with Crippen molar-refractivity contribution in [2.75, 3.05) is 31.1 Å². The van der Waals surface area contributed by atoms with Crippen LogP contribution in [0.3, 0.4) is 0 Å². The molecule has 2 aliphatic heterocycles. The molecule has 2 aromatic rings. The second-order valence-electron chi connectivity index (χ2n) is 7.37. The van der Waals surface area contributed by atoms with Crippen molar-refractivity contribution in [2.24, 2.45) is 0 Å². The Balaban J connectivity index is 1.47. The molecule has 1 atom stereocenters. The predicted octanol–water partition coefficient (Wildman–Crippen LogP) is 2.71. The molecule has 148 valence electrons. The maximum absolute atomic E-state index is 12.4. The number of alkyl halides is 2. The molecule has 0 aliphatic carbocycles. The molecule has 1 saturated heterocycles. The quantitative estimate of drug-likeness (QED) is 0.859. The molecule has 1 fully saturated rings. The highest BCUT2D eigenvalue weighted by molar-refractivity contribution is 5.97. The smallest absolute Gasteiger partial charge is 0.255 e. The third-order valence-electron chi connectivity index (χ3n) is 5.51. The molecular formula is C21H24F2N4O. The summed E-state index contributed by atoms with van der Waals surface area (Å²) in [7, 11) is 0. The summed E-state index contributed by atoms with van der Waals surface area (Å²) in [4.78, 5) is 21.6. The third kappa shape index (κ3) is 3.99. The Morgan fingerprint density at radius 3 is 2.82 bits per heavy atom. The number of piperazine rings is 1. The third-order valence-corrected chi connectivity index (χ3v) is 5.51. The van der Waals surface area contributed by atoms with Crippen LogP contribution in [0.5, 0.6) is 0 Å². The molecule has 5 nitrogen and oxygen atoms in total. The van der Waals surface area contributed by atoms with Crippen molar-refractivity contribution in [1.82, 2.24) is 15.2 Å². The van der Waals surface area contributed by atoms with Gasteiger partial charge < -0.3 is 10.2 Å². The highest BCUT2D eigenvalue weighted by atomic mass is 19.3. The zero-order chi connectivity index (χ0) is 19.5. The molecule has 28 heavy (non-hydrogen) atoms. The molecule has 1 aromatic carbocycles. The molecule has 1 amide bonds. The lowest BCUT2D eigenvalue weighted by Gasteiger charge is -2.45. The van der Waals surface area contributed by atoms with Crippen LogP contribution >= 0.6 is 0 Å². The minimum Gasteiger partial charge on any atom is -0.351 e. The van der Waals surface area contributed by atoms with Gasteiger partial charge in [0.25, 0.3) is 12.3 Å². The van der Waals surface area contributed by atoms with Gasteiger partial charge in [-0.2, -0.15) is 0 Å². The lowest BCUT2D eigenvalue weighted by atomic mass is 9.93. The Bertz CT molecular complexity index is 830. The highest BCUT2D eigenvalue weighted by Gasteiger charge is 2.34. The first-order chi connectivity index (χ1) is 13.6. The summed E-state index contributed by atoms with van der Waals surface area (Å²) in [5.41, 5.74) is 2.65. The van der Waals surface area contributed by atoms with E-state index in [1.807, 2.05) is 6.07 Å². The number of fused-ring (bicyclic) bond motifs is 3. The Kier molecular flexibility index (Phi) is 5.52. The molecule has 4 rings (SSSR count). The number of amides is 1. The highest BCUT2D eigenvalue weighted by Crippen LogP contribution is 2.33. The van der Waals surface area contributed by atoms with Crippen molar-refractivity contribution in [3.05, 3.63) is 59.3 Å². The van der Waals surface area contributed by atoms with Crippen LogP contribution in [0.2, 0.25) is 0 Å². The van der Waals surface area contributed by atoms with E-state index in [1.165, 1.54) is 5.56 Å². The minimum absolute atomic E-state index is 0.358. The maximum atomic E-state index is 12.4. The monoisotopic (exact) mass is 386 g/mol. The number of anilines is 1. The Morgan fingerprint density at radius 2 is 2.04 bits per heavy atom. The molecule has 3 heterocycles. The van der Waals surface area contributed by atoms with Gasteiger partial charge in [0.15, 0.2) is 0 Å². The second-order valence-corrected chi connectivity index (χ2v) is 7.37. The van der Waals surface area contributed by atoms with Gasteiger partial charge in [0.2, 0.25) is 0 Å². The molecule has 1 N–H and O–H groups in total. The Labute approximate surface area is 163 Å². The van der Waals surface area contributed by atoms with E-state index in [-0.39, 0.29) is 0 Å². The van der Waals surface area contributed by atoms with E-state index in [9.17, 15) is 13.6 Å². The largest absolute Gasteiger partial charge is 0.351 e. The van der Waals surface area contributed by atoms with Crippen LogP contribution in [0, 0.1) is 0 Å². The normalized spacial score (nSPS) is 19.2. The topological polar surface area (TPSA) is 48.5 Å². The number of carbonyl (C=O) groups is 1. The van der Waals surface area contributed by atoms with E-state index in [4.69, 9.17) is 0 Å². The van der Waals surface area contributed by atoms with Crippen molar-refractivity contribution < 1.29 is 13.6 Å². The van der Waals surface area contributed by atoms with Crippen molar-refractivity contribution in [3.8, 4) is 0 Å². The number of aromatic nitrogens is 1. The van der Waals surface area contributed by atoms with Crippen LogP contribution in [-0.4, -0.2) is 54.4 Å². The van der Waals surface area contributed by atoms with E-state index in [2.05, 4.69) is 44.4 Å². The number of hydrogen-bond acceptors (Lipinski definition) is 4. The number of hydrogen-bond donors (Lipinski definition) is 1. The van der Waals surface area contributed by atoms with E-state index in [1.54, 1.807) is 12.3 Å². The minimum atomic E-state index is -2.55. The van der Waals surface area contributed by atoms with Crippen LogP contribution in [0.25, 0.3) is 0 Å². The molecule has 0 spiro atoms. The number of pyridine rings is 1. The van der Waals surface area contributed by atoms with Crippen molar-refractivity contribution in [1.29, 1.82) is 0 Å². The first kappa shape index (κ1) is 18.8. The van der Waals surface area contributed by atoms with Gasteiger partial charge in [0.1, 0.15) is 5.82 Å². The molecule has 2 aliphatic rings. The summed E-state index contributed by atoms with van der Waals surface area (Å²) in [6.45, 7) is 3.03. The number of nitrogens with one attached hydrogen (secondary N) is 1. The molecule has 0 saturated carbocycles. The predicted molar refractivity (Wildman–Crippen MR) is 104 cm³/mol. The SMILES string of the molecule is O=C(NCC(F)F)c1ccnc2c1CC[C@@H]1CN(Cc3ccccc3)CCN21. The number of benzene rings is 1. The fourth-order valence-electron chi connectivity index (χ4n) is 4.19. The molecule has 7 heteroatoms. The van der Waals surface area contributed by atoms with Crippen molar-refractivity contribution >= 4 is 11.7 Å². The summed E-state index contributed by atoms with van der Waals surface area (Å²) in [5, 5.41) is 2.31. The average molecular weight is 386 g/mol. The van der Waals surface area contributed by atoms with Gasteiger partial charge in [-0.1, -0.05) is 30.3 Å². The van der Waals surface area contributed by atoms with E-state index >= 15 is 0 Å².